The molecule has 2 aromatic carbocycles. The number of likely N-dealkylation sites (tertiary alicyclic amines) is 1. The summed E-state index contributed by atoms with van der Waals surface area (Å²) in [7, 11) is 1.86. The van der Waals surface area contributed by atoms with Crippen LogP contribution in [0.4, 0.5) is 29.7 Å². The largest absolute Gasteiger partial charge is 0.416 e. The first-order valence-corrected chi connectivity index (χ1v) is 13.9. The predicted molar refractivity (Wildman–Crippen MR) is 154 cm³/mol. The normalized spacial score (nSPS) is 14.7. The molecule has 0 bridgehead atoms. The molecule has 4 aromatic rings. The van der Waals surface area contributed by atoms with Gasteiger partial charge in [0.1, 0.15) is 11.5 Å². The van der Waals surface area contributed by atoms with Gasteiger partial charge < -0.3 is 15.5 Å². The number of halogens is 3. The van der Waals surface area contributed by atoms with E-state index in [0.717, 1.165) is 37.1 Å². The molecule has 2 aromatic heterocycles. The second kappa shape index (κ2) is 11.7. The molecule has 218 valence electrons. The molecule has 0 spiro atoms. The number of thiazole rings is 1. The lowest BCUT2D eigenvalue weighted by Gasteiger charge is -2.26. The average Bonchev–Trinajstić information content (AvgIpc) is 3.59. The van der Waals surface area contributed by atoms with Crippen LogP contribution in [0.25, 0.3) is 16.3 Å². The van der Waals surface area contributed by atoms with E-state index in [0.29, 0.717) is 33.6 Å². The Hall–Kier alpha value is -4.59. The first kappa shape index (κ1) is 28.9. The van der Waals surface area contributed by atoms with E-state index in [9.17, 15) is 22.8 Å². The molecular weight excluding hydrogens is 569 g/mol. The monoisotopic (exact) mass is 596 g/mol. The number of amidine groups is 1. The van der Waals surface area contributed by atoms with Gasteiger partial charge in [-0.15, -0.1) is 5.10 Å². The number of piperidine rings is 1. The molecule has 2 N–H and O–H groups in total. The highest BCUT2D eigenvalue weighted by atomic mass is 32.1. The summed E-state index contributed by atoms with van der Waals surface area (Å²) in [5.74, 6) is -0.124. The molecule has 0 radical (unpaired) electrons. The number of carbonyl (C=O) groups excluding carboxylic acids is 2. The number of anilines is 2. The summed E-state index contributed by atoms with van der Waals surface area (Å²) in [5.41, 5.74) is 1.29. The Labute approximate surface area is 243 Å². The minimum Gasteiger partial charge on any atom is -0.363 e. The van der Waals surface area contributed by atoms with Gasteiger partial charge in [-0.3, -0.25) is 9.59 Å². The van der Waals surface area contributed by atoms with Gasteiger partial charge >= 0.3 is 6.18 Å². The molecule has 42 heavy (non-hydrogen) atoms. The van der Waals surface area contributed by atoms with Crippen LogP contribution in [0, 0.1) is 6.92 Å². The van der Waals surface area contributed by atoms with E-state index in [-0.39, 0.29) is 22.8 Å². The van der Waals surface area contributed by atoms with Crippen molar-refractivity contribution in [2.75, 3.05) is 24.2 Å². The van der Waals surface area contributed by atoms with Crippen molar-refractivity contribution in [3.8, 4) is 16.3 Å². The fraction of sp³-hybridized carbons (Fsp3) is 0.286. The van der Waals surface area contributed by atoms with Crippen molar-refractivity contribution in [2.24, 2.45) is 4.99 Å². The first-order chi connectivity index (χ1) is 20.0. The number of nitrogens with one attached hydrogen (secondary N) is 2. The maximum absolute atomic E-state index is 13.7. The zero-order valence-corrected chi connectivity index (χ0v) is 23.8. The molecule has 1 fully saturated rings. The van der Waals surface area contributed by atoms with E-state index in [1.165, 1.54) is 29.0 Å². The molecule has 0 aliphatic carbocycles. The second-order valence-electron chi connectivity index (χ2n) is 9.89. The van der Waals surface area contributed by atoms with Crippen molar-refractivity contribution >= 4 is 45.5 Å². The number of hydrogen-bond acceptors (Lipinski definition) is 7. The van der Waals surface area contributed by atoms with Crippen LogP contribution in [-0.4, -0.2) is 56.1 Å². The highest BCUT2D eigenvalue weighted by molar-refractivity contribution is 7.19. The molecular formula is C28H27F3N8O2S. The van der Waals surface area contributed by atoms with E-state index < -0.39 is 17.6 Å². The van der Waals surface area contributed by atoms with Gasteiger partial charge in [0.15, 0.2) is 5.13 Å². The number of aryl methyl sites for hydroxylation is 1. The summed E-state index contributed by atoms with van der Waals surface area (Å²) in [6, 6.07) is 8.21. The smallest absolute Gasteiger partial charge is 0.363 e. The highest BCUT2D eigenvalue weighted by Crippen LogP contribution is 2.35. The number of amides is 2. The Morgan fingerprint density at radius 2 is 1.90 bits per heavy atom. The van der Waals surface area contributed by atoms with Crippen LogP contribution >= 0.6 is 11.3 Å². The summed E-state index contributed by atoms with van der Waals surface area (Å²) in [6.45, 7) is 4.01. The lowest BCUT2D eigenvalue weighted by atomic mass is 10.1. The molecule has 10 nitrogen and oxygen atoms in total. The number of hydrogen-bond donors (Lipinski definition) is 2. The summed E-state index contributed by atoms with van der Waals surface area (Å²) >= 11 is 1.24. The van der Waals surface area contributed by atoms with Gasteiger partial charge in [-0.2, -0.15) is 13.2 Å². The zero-order chi connectivity index (χ0) is 30.0. The molecule has 0 unspecified atom stereocenters. The van der Waals surface area contributed by atoms with Crippen LogP contribution in [0.2, 0.25) is 0 Å². The Balaban J connectivity index is 1.40. The Kier molecular flexibility index (Phi) is 8.07. The second-order valence-corrected chi connectivity index (χ2v) is 10.9. The maximum atomic E-state index is 13.7. The first-order valence-electron chi connectivity index (χ1n) is 13.1. The van der Waals surface area contributed by atoms with Crippen LogP contribution < -0.4 is 10.6 Å². The van der Waals surface area contributed by atoms with Gasteiger partial charge in [0.25, 0.3) is 5.91 Å². The Morgan fingerprint density at radius 1 is 1.10 bits per heavy atom. The number of aliphatic imine (C=N–C) groups is 1. The molecule has 5 rings (SSSR count). The zero-order valence-electron chi connectivity index (χ0n) is 23.0. The third-order valence-electron chi connectivity index (χ3n) is 6.60. The third-order valence-corrected chi connectivity index (χ3v) is 7.53. The fourth-order valence-electron chi connectivity index (χ4n) is 4.45. The fourth-order valence-corrected chi connectivity index (χ4v) is 5.26. The standard InChI is InChI=1S/C28H27F3N8O2S/c1-16-7-8-18(10-23(16)39-15-22(36-37-39)24-14-32-27(42-24)33-17(2)40)26(41)35-21-12-19(28(29,30)31)11-20(13-21)34-25-6-4-5-9-38(25)3/h7-8,10-15H,4-6,9H2,1-3H3,(H,35,41)(H,32,33,40). The van der Waals surface area contributed by atoms with E-state index in [4.69, 9.17) is 0 Å². The molecule has 0 atom stereocenters. The lowest BCUT2D eigenvalue weighted by Crippen LogP contribution is -2.31. The van der Waals surface area contributed by atoms with Crippen molar-refractivity contribution in [3.05, 3.63) is 65.5 Å². The Morgan fingerprint density at radius 3 is 2.64 bits per heavy atom. The molecule has 14 heteroatoms. The molecule has 2 amide bonds. The van der Waals surface area contributed by atoms with Gasteiger partial charge in [0.2, 0.25) is 5.91 Å². The number of aromatic nitrogens is 4. The number of carbonyl (C=O) groups is 2. The molecule has 3 heterocycles. The predicted octanol–water partition coefficient (Wildman–Crippen LogP) is 6.07. The topological polar surface area (TPSA) is 117 Å². The van der Waals surface area contributed by atoms with E-state index in [2.05, 4.69) is 30.9 Å². The summed E-state index contributed by atoms with van der Waals surface area (Å²) in [4.78, 5) is 35.7. The SMILES string of the molecule is CC(=O)Nc1ncc(-c2cn(-c3cc(C(=O)Nc4cc(N=C5CCCCN5C)cc(C(F)(F)F)c4)ccc3C)nn2)s1. The molecule has 0 saturated carbocycles. The van der Waals surface area contributed by atoms with Crippen molar-refractivity contribution in [2.45, 2.75) is 39.3 Å². The van der Waals surface area contributed by atoms with Gasteiger partial charge in [-0.1, -0.05) is 22.6 Å². The summed E-state index contributed by atoms with van der Waals surface area (Å²) in [6.07, 6.45) is 1.20. The van der Waals surface area contributed by atoms with Gasteiger partial charge in [-0.25, -0.2) is 14.7 Å². The number of nitrogens with zero attached hydrogens (tertiary/aromatic N) is 6. The van der Waals surface area contributed by atoms with Crippen molar-refractivity contribution in [1.29, 1.82) is 0 Å². The Bertz CT molecular complexity index is 1680. The average molecular weight is 597 g/mol. The van der Waals surface area contributed by atoms with Crippen molar-refractivity contribution in [1.82, 2.24) is 24.9 Å². The molecule has 1 saturated heterocycles. The number of alkyl halides is 3. The van der Waals surface area contributed by atoms with Crippen molar-refractivity contribution < 1.29 is 22.8 Å². The third kappa shape index (κ3) is 6.65. The van der Waals surface area contributed by atoms with E-state index in [1.807, 2.05) is 18.9 Å². The summed E-state index contributed by atoms with van der Waals surface area (Å²) < 4.78 is 42.7. The lowest BCUT2D eigenvalue weighted by molar-refractivity contribution is -0.137. The number of benzene rings is 2. The van der Waals surface area contributed by atoms with Crippen LogP contribution in [0.1, 0.15) is 47.7 Å². The van der Waals surface area contributed by atoms with Gasteiger partial charge in [0, 0.05) is 44.4 Å². The number of rotatable bonds is 6. The van der Waals surface area contributed by atoms with Crippen LogP contribution in [0.3, 0.4) is 0 Å². The van der Waals surface area contributed by atoms with E-state index >= 15 is 0 Å². The van der Waals surface area contributed by atoms with Gasteiger partial charge in [0.05, 0.1) is 28.0 Å². The maximum Gasteiger partial charge on any atom is 0.416 e. The van der Waals surface area contributed by atoms with Crippen LogP contribution in [0.15, 0.2) is 53.8 Å². The highest BCUT2D eigenvalue weighted by Gasteiger charge is 2.31. The van der Waals surface area contributed by atoms with Gasteiger partial charge in [-0.05, 0) is 55.7 Å². The minimum absolute atomic E-state index is 0.0158. The van der Waals surface area contributed by atoms with Crippen molar-refractivity contribution in [3.63, 3.8) is 0 Å². The quantitative estimate of drug-likeness (QED) is 0.279. The van der Waals surface area contributed by atoms with Crippen LogP contribution in [0.5, 0.6) is 0 Å². The molecule has 1 aliphatic rings. The molecule has 1 aliphatic heterocycles. The van der Waals surface area contributed by atoms with Crippen LogP contribution in [-0.2, 0) is 11.0 Å². The summed E-state index contributed by atoms with van der Waals surface area (Å²) in [5, 5.41) is 14.0. The van der Waals surface area contributed by atoms with E-state index in [1.54, 1.807) is 30.6 Å². The minimum atomic E-state index is -4.61.